The van der Waals surface area contributed by atoms with E-state index in [0.717, 1.165) is 11.4 Å². The first-order valence-corrected chi connectivity index (χ1v) is 11.4. The summed E-state index contributed by atoms with van der Waals surface area (Å²) in [6.07, 6.45) is 1.50. The molecular formula is C19H20ClN7O3S. The van der Waals surface area contributed by atoms with Crippen molar-refractivity contribution in [1.82, 2.24) is 29.4 Å². The van der Waals surface area contributed by atoms with Crippen molar-refractivity contribution in [3.63, 3.8) is 0 Å². The summed E-state index contributed by atoms with van der Waals surface area (Å²) in [5, 5.41) is 14.6. The Balaban J connectivity index is 1.29. The highest BCUT2D eigenvalue weighted by Gasteiger charge is 2.29. The molecule has 1 fully saturated rings. The standard InChI is InChI=1S/C19H20ClN7O3S/c20-15-1-7-18(8-2-15)31(29,30)26-11-9-25(10-12-26)19(28)13-21-16-3-5-17(6-4-16)27-14-22-23-24-27/h1-8,14,21H,9-13H2. The van der Waals surface area contributed by atoms with Crippen LogP contribution in [-0.2, 0) is 14.8 Å². The Bertz CT molecular complexity index is 1130. The summed E-state index contributed by atoms with van der Waals surface area (Å²) in [6.45, 7) is 1.29. The Morgan fingerprint density at radius 2 is 1.68 bits per heavy atom. The molecular weight excluding hydrogens is 442 g/mol. The van der Waals surface area contributed by atoms with Crippen LogP contribution in [0.2, 0.25) is 5.02 Å². The van der Waals surface area contributed by atoms with Gasteiger partial charge in [-0.25, -0.2) is 13.1 Å². The van der Waals surface area contributed by atoms with Crippen LogP contribution in [0.25, 0.3) is 5.69 Å². The molecule has 1 amide bonds. The van der Waals surface area contributed by atoms with Crippen LogP contribution in [0.1, 0.15) is 0 Å². The molecule has 0 bridgehead atoms. The quantitative estimate of drug-likeness (QED) is 0.587. The van der Waals surface area contributed by atoms with Gasteiger partial charge < -0.3 is 10.2 Å². The second-order valence-electron chi connectivity index (χ2n) is 6.89. The molecule has 0 aliphatic carbocycles. The summed E-state index contributed by atoms with van der Waals surface area (Å²) >= 11 is 5.84. The normalized spacial score (nSPS) is 15.1. The second kappa shape index (κ2) is 9.00. The number of rotatable bonds is 6. The van der Waals surface area contributed by atoms with E-state index >= 15 is 0 Å². The summed E-state index contributed by atoms with van der Waals surface area (Å²) in [5.74, 6) is -0.0897. The molecule has 3 aromatic rings. The first-order valence-electron chi connectivity index (χ1n) is 9.54. The van der Waals surface area contributed by atoms with Crippen LogP contribution in [0.3, 0.4) is 0 Å². The Labute approximate surface area is 184 Å². The van der Waals surface area contributed by atoms with Gasteiger partial charge in [-0.3, -0.25) is 4.79 Å². The van der Waals surface area contributed by atoms with E-state index in [1.807, 2.05) is 24.3 Å². The maximum atomic E-state index is 12.8. The maximum absolute atomic E-state index is 12.8. The molecule has 1 saturated heterocycles. The van der Waals surface area contributed by atoms with Crippen LogP contribution in [0, 0.1) is 0 Å². The van der Waals surface area contributed by atoms with Gasteiger partial charge >= 0.3 is 0 Å². The van der Waals surface area contributed by atoms with Gasteiger partial charge in [-0.15, -0.1) is 5.10 Å². The van der Waals surface area contributed by atoms with E-state index in [9.17, 15) is 13.2 Å². The molecule has 2 aromatic carbocycles. The van der Waals surface area contributed by atoms with Gasteiger partial charge in [-0.2, -0.15) is 4.31 Å². The molecule has 12 heteroatoms. The first kappa shape index (κ1) is 21.2. The minimum Gasteiger partial charge on any atom is -0.376 e. The number of carbonyl (C=O) groups excluding carboxylic acids is 1. The highest BCUT2D eigenvalue weighted by Crippen LogP contribution is 2.20. The molecule has 10 nitrogen and oxygen atoms in total. The average Bonchev–Trinajstić information content (AvgIpc) is 3.33. The van der Waals surface area contributed by atoms with E-state index in [1.165, 1.54) is 27.4 Å². The fraction of sp³-hybridized carbons (Fsp3) is 0.263. The van der Waals surface area contributed by atoms with Gasteiger partial charge in [0.1, 0.15) is 6.33 Å². The predicted octanol–water partition coefficient (Wildman–Crippen LogP) is 1.26. The molecule has 1 N–H and O–H groups in total. The van der Waals surface area contributed by atoms with E-state index in [1.54, 1.807) is 17.0 Å². The summed E-state index contributed by atoms with van der Waals surface area (Å²) in [6, 6.07) is 13.4. The first-order chi connectivity index (χ1) is 14.9. The Morgan fingerprint density at radius 1 is 1.00 bits per heavy atom. The lowest BCUT2D eigenvalue weighted by Gasteiger charge is -2.34. The van der Waals surface area contributed by atoms with Gasteiger partial charge in [0.2, 0.25) is 15.9 Å². The number of carbonyl (C=O) groups is 1. The van der Waals surface area contributed by atoms with Gasteiger partial charge in [0.25, 0.3) is 0 Å². The van der Waals surface area contributed by atoms with Crippen molar-refractivity contribution >= 4 is 33.2 Å². The number of nitrogens with one attached hydrogen (secondary N) is 1. The zero-order chi connectivity index (χ0) is 21.8. The zero-order valence-electron chi connectivity index (χ0n) is 16.4. The predicted molar refractivity (Wildman–Crippen MR) is 114 cm³/mol. The number of anilines is 1. The van der Waals surface area contributed by atoms with Crippen molar-refractivity contribution in [2.75, 3.05) is 38.0 Å². The molecule has 0 saturated carbocycles. The third kappa shape index (κ3) is 4.84. The highest BCUT2D eigenvalue weighted by molar-refractivity contribution is 7.89. The van der Waals surface area contributed by atoms with Crippen molar-refractivity contribution in [2.24, 2.45) is 0 Å². The van der Waals surface area contributed by atoms with E-state index in [0.29, 0.717) is 18.1 Å². The molecule has 31 heavy (non-hydrogen) atoms. The Morgan fingerprint density at radius 3 is 2.29 bits per heavy atom. The number of aromatic nitrogens is 4. The van der Waals surface area contributed by atoms with Gasteiger partial charge in [0.05, 0.1) is 17.1 Å². The van der Waals surface area contributed by atoms with Gasteiger partial charge in [-0.05, 0) is 59.0 Å². The van der Waals surface area contributed by atoms with Crippen LogP contribution < -0.4 is 5.32 Å². The van der Waals surface area contributed by atoms with E-state index in [-0.39, 0.29) is 30.4 Å². The fourth-order valence-electron chi connectivity index (χ4n) is 3.23. The SMILES string of the molecule is O=C(CNc1ccc(-n2cnnn2)cc1)N1CCN(S(=O)(=O)c2ccc(Cl)cc2)CC1. The Hall–Kier alpha value is -3.02. The maximum Gasteiger partial charge on any atom is 0.243 e. The van der Waals surface area contributed by atoms with Crippen molar-refractivity contribution < 1.29 is 13.2 Å². The van der Waals surface area contributed by atoms with Crippen molar-refractivity contribution in [1.29, 1.82) is 0 Å². The molecule has 1 aliphatic heterocycles. The number of sulfonamides is 1. The number of hydrogen-bond donors (Lipinski definition) is 1. The molecule has 162 valence electrons. The van der Waals surface area contributed by atoms with Gasteiger partial charge in [0, 0.05) is 36.9 Å². The van der Waals surface area contributed by atoms with Crippen molar-refractivity contribution in [3.05, 3.63) is 59.9 Å². The van der Waals surface area contributed by atoms with Crippen LogP contribution >= 0.6 is 11.6 Å². The molecule has 2 heterocycles. The van der Waals surface area contributed by atoms with Gasteiger partial charge in [0.15, 0.2) is 0 Å². The molecule has 1 aliphatic rings. The number of hydrogen-bond acceptors (Lipinski definition) is 7. The zero-order valence-corrected chi connectivity index (χ0v) is 18.0. The second-order valence-corrected chi connectivity index (χ2v) is 9.27. The Kier molecular flexibility index (Phi) is 6.16. The average molecular weight is 462 g/mol. The summed E-state index contributed by atoms with van der Waals surface area (Å²) in [7, 11) is -3.60. The summed E-state index contributed by atoms with van der Waals surface area (Å²) in [4.78, 5) is 14.4. The lowest BCUT2D eigenvalue weighted by atomic mass is 10.2. The summed E-state index contributed by atoms with van der Waals surface area (Å²) in [5.41, 5.74) is 1.59. The van der Waals surface area contributed by atoms with Crippen LogP contribution in [0.5, 0.6) is 0 Å². The van der Waals surface area contributed by atoms with Crippen LogP contribution in [0.15, 0.2) is 59.8 Å². The molecule has 0 radical (unpaired) electrons. The number of benzene rings is 2. The summed E-state index contributed by atoms with van der Waals surface area (Å²) < 4.78 is 28.4. The lowest BCUT2D eigenvalue weighted by molar-refractivity contribution is -0.130. The fourth-order valence-corrected chi connectivity index (χ4v) is 4.78. The van der Waals surface area contributed by atoms with E-state index < -0.39 is 10.0 Å². The smallest absolute Gasteiger partial charge is 0.243 e. The molecule has 4 rings (SSSR count). The number of piperazine rings is 1. The lowest BCUT2D eigenvalue weighted by Crippen LogP contribution is -2.51. The molecule has 0 atom stereocenters. The van der Waals surface area contributed by atoms with E-state index in [4.69, 9.17) is 11.6 Å². The van der Waals surface area contributed by atoms with Crippen molar-refractivity contribution in [2.45, 2.75) is 4.90 Å². The van der Waals surface area contributed by atoms with Crippen LogP contribution in [0.4, 0.5) is 5.69 Å². The minimum atomic E-state index is -3.60. The number of tetrazole rings is 1. The third-order valence-electron chi connectivity index (χ3n) is 4.97. The van der Waals surface area contributed by atoms with E-state index in [2.05, 4.69) is 20.8 Å². The molecule has 1 aromatic heterocycles. The molecule has 0 unspecified atom stereocenters. The number of halogens is 1. The number of nitrogens with zero attached hydrogens (tertiary/aromatic N) is 6. The number of amides is 1. The topological polar surface area (TPSA) is 113 Å². The van der Waals surface area contributed by atoms with Gasteiger partial charge in [-0.1, -0.05) is 11.6 Å². The highest BCUT2D eigenvalue weighted by atomic mass is 35.5. The monoisotopic (exact) mass is 461 g/mol. The van der Waals surface area contributed by atoms with Crippen LogP contribution in [-0.4, -0.2) is 76.5 Å². The molecule has 0 spiro atoms. The largest absolute Gasteiger partial charge is 0.376 e. The minimum absolute atomic E-state index is 0.0897. The third-order valence-corrected chi connectivity index (χ3v) is 7.13. The van der Waals surface area contributed by atoms with Crippen molar-refractivity contribution in [3.8, 4) is 5.69 Å².